The number of nitrogens with two attached hydrogens (primary N) is 1. The Bertz CT molecular complexity index is 569. The maximum Gasteiger partial charge on any atom is 0.0454 e. The van der Waals surface area contributed by atoms with Crippen molar-refractivity contribution in [1.82, 2.24) is 0 Å². The summed E-state index contributed by atoms with van der Waals surface area (Å²) in [6.45, 7) is 2.48. The summed E-state index contributed by atoms with van der Waals surface area (Å²) in [7, 11) is 0. The summed E-state index contributed by atoms with van der Waals surface area (Å²) in [5.74, 6) is 1.75. The fourth-order valence-electron chi connectivity index (χ4n) is 6.24. The van der Waals surface area contributed by atoms with Gasteiger partial charge in [-0.1, -0.05) is 30.1 Å². The van der Waals surface area contributed by atoms with Crippen molar-refractivity contribution in [1.29, 1.82) is 0 Å². The molecule has 0 aliphatic heterocycles. The molecule has 3 unspecified atom stereocenters. The number of rotatable bonds is 2. The maximum absolute atomic E-state index is 6.78. The van der Waals surface area contributed by atoms with E-state index in [9.17, 15) is 0 Å². The summed E-state index contributed by atoms with van der Waals surface area (Å²) in [6.07, 6.45) is 8.05. The topological polar surface area (TPSA) is 26.0 Å². The molecule has 1 aromatic rings. The maximum atomic E-state index is 6.78. The zero-order valence-corrected chi connectivity index (χ0v) is 14.1. The van der Waals surface area contributed by atoms with Gasteiger partial charge in [-0.25, -0.2) is 0 Å². The largest absolute Gasteiger partial charge is 0.323 e. The number of hydrogen-bond donors (Lipinski definition) is 1. The minimum absolute atomic E-state index is 0.0222. The van der Waals surface area contributed by atoms with Gasteiger partial charge in [-0.3, -0.25) is 0 Å². The van der Waals surface area contributed by atoms with Crippen LogP contribution in [0.1, 0.15) is 57.1 Å². The third-order valence-electron chi connectivity index (χ3n) is 6.35. The first-order chi connectivity index (χ1) is 9.89. The van der Waals surface area contributed by atoms with Crippen molar-refractivity contribution < 1.29 is 0 Å². The Balaban J connectivity index is 1.73. The first kappa shape index (κ1) is 14.4. The second-order valence-electron chi connectivity index (χ2n) is 8.28. The van der Waals surface area contributed by atoms with Gasteiger partial charge in [0.1, 0.15) is 0 Å². The average Bonchev–Trinajstić information content (AvgIpc) is 2.38. The molecule has 4 fully saturated rings. The summed E-state index contributed by atoms with van der Waals surface area (Å²) in [6, 6.07) is 5.74. The van der Waals surface area contributed by atoms with Crippen molar-refractivity contribution in [2.24, 2.45) is 28.4 Å². The Kier molecular flexibility index (Phi) is 3.17. The van der Waals surface area contributed by atoms with E-state index >= 15 is 0 Å². The molecule has 114 valence electrons. The standard InChI is InChI=1S/C18H23Cl2N/c1-17-6-11-4-12(7-17)9-18(8-11,10-17)16(21)14-5-13(19)2-3-15(14)20/h2-3,5,11-12,16H,4,6-10,21H2,1H3. The van der Waals surface area contributed by atoms with Crippen LogP contribution in [0.25, 0.3) is 0 Å². The van der Waals surface area contributed by atoms with E-state index in [1.165, 1.54) is 38.5 Å². The van der Waals surface area contributed by atoms with E-state index in [-0.39, 0.29) is 11.5 Å². The molecule has 0 saturated heterocycles. The quantitative estimate of drug-likeness (QED) is 0.753. The van der Waals surface area contributed by atoms with E-state index in [4.69, 9.17) is 28.9 Å². The molecule has 0 amide bonds. The minimum Gasteiger partial charge on any atom is -0.323 e. The van der Waals surface area contributed by atoms with E-state index in [2.05, 4.69) is 6.92 Å². The van der Waals surface area contributed by atoms with Crippen molar-refractivity contribution in [2.75, 3.05) is 0 Å². The fourth-order valence-corrected chi connectivity index (χ4v) is 6.66. The van der Waals surface area contributed by atoms with Crippen molar-refractivity contribution in [2.45, 2.75) is 51.5 Å². The van der Waals surface area contributed by atoms with E-state index in [0.29, 0.717) is 5.41 Å². The zero-order chi connectivity index (χ0) is 14.8. The lowest BCUT2D eigenvalue weighted by Crippen LogP contribution is -2.54. The van der Waals surface area contributed by atoms with Crippen LogP contribution in [0, 0.1) is 22.7 Å². The Morgan fingerprint density at radius 1 is 1.14 bits per heavy atom. The molecule has 0 heterocycles. The van der Waals surface area contributed by atoms with Gasteiger partial charge in [-0.05, 0) is 85.0 Å². The SMILES string of the molecule is CC12CC3CC(C1)CC(C(N)c1cc(Cl)ccc1Cl)(C3)C2. The molecular formula is C18H23Cl2N. The Morgan fingerprint density at radius 2 is 1.81 bits per heavy atom. The van der Waals surface area contributed by atoms with Crippen molar-refractivity contribution >= 4 is 23.2 Å². The summed E-state index contributed by atoms with van der Waals surface area (Å²) in [5.41, 5.74) is 8.58. The predicted octanol–water partition coefficient (Wildman–Crippen LogP) is 5.60. The second-order valence-corrected chi connectivity index (χ2v) is 9.12. The molecular weight excluding hydrogens is 301 g/mol. The molecule has 4 aliphatic carbocycles. The van der Waals surface area contributed by atoms with Crippen LogP contribution in [0.3, 0.4) is 0 Å². The van der Waals surface area contributed by atoms with Gasteiger partial charge >= 0.3 is 0 Å². The highest BCUT2D eigenvalue weighted by Gasteiger charge is 2.58. The van der Waals surface area contributed by atoms with E-state index in [1.54, 1.807) is 0 Å². The molecule has 1 aromatic carbocycles. The van der Waals surface area contributed by atoms with Gasteiger partial charge < -0.3 is 5.73 Å². The Morgan fingerprint density at radius 3 is 2.43 bits per heavy atom. The van der Waals surface area contributed by atoms with E-state index in [1.807, 2.05) is 18.2 Å². The molecule has 0 radical (unpaired) electrons. The molecule has 3 atom stereocenters. The summed E-state index contributed by atoms with van der Waals surface area (Å²) < 4.78 is 0. The van der Waals surface area contributed by atoms with Crippen molar-refractivity contribution in [3.8, 4) is 0 Å². The number of halogens is 2. The number of benzene rings is 1. The smallest absolute Gasteiger partial charge is 0.0454 e. The van der Waals surface area contributed by atoms with Gasteiger partial charge in [0.15, 0.2) is 0 Å². The highest BCUT2D eigenvalue weighted by Crippen LogP contribution is 2.68. The van der Waals surface area contributed by atoms with Crippen LogP contribution < -0.4 is 5.73 Å². The summed E-state index contributed by atoms with van der Waals surface area (Å²) >= 11 is 12.6. The van der Waals surface area contributed by atoms with Crippen molar-refractivity contribution in [3.63, 3.8) is 0 Å². The van der Waals surface area contributed by atoms with Gasteiger partial charge in [0.25, 0.3) is 0 Å². The van der Waals surface area contributed by atoms with E-state index < -0.39 is 0 Å². The average molecular weight is 324 g/mol. The first-order valence-electron chi connectivity index (χ1n) is 8.10. The number of hydrogen-bond acceptors (Lipinski definition) is 1. The molecule has 0 spiro atoms. The molecule has 1 nitrogen and oxygen atoms in total. The predicted molar refractivity (Wildman–Crippen MR) is 88.6 cm³/mol. The third-order valence-corrected chi connectivity index (χ3v) is 6.93. The normalized spacial score (nSPS) is 42.3. The lowest BCUT2D eigenvalue weighted by Gasteiger charge is -2.63. The molecule has 2 N–H and O–H groups in total. The molecule has 3 heteroatoms. The van der Waals surface area contributed by atoms with Gasteiger partial charge in [-0.2, -0.15) is 0 Å². The van der Waals surface area contributed by atoms with Gasteiger partial charge in [-0.15, -0.1) is 0 Å². The minimum atomic E-state index is 0.0222. The second kappa shape index (κ2) is 4.63. The van der Waals surface area contributed by atoms with Gasteiger partial charge in [0.2, 0.25) is 0 Å². The summed E-state index contributed by atoms with van der Waals surface area (Å²) in [5, 5.41) is 1.51. The Labute approximate surface area is 137 Å². The molecule has 4 saturated carbocycles. The fraction of sp³-hybridized carbons (Fsp3) is 0.667. The van der Waals surface area contributed by atoms with Crippen LogP contribution >= 0.6 is 23.2 Å². The van der Waals surface area contributed by atoms with Crippen LogP contribution in [0.5, 0.6) is 0 Å². The van der Waals surface area contributed by atoms with Crippen LogP contribution in [0.15, 0.2) is 18.2 Å². The Hall–Kier alpha value is -0.240. The van der Waals surface area contributed by atoms with Crippen LogP contribution in [0.4, 0.5) is 0 Å². The molecule has 21 heavy (non-hydrogen) atoms. The highest BCUT2D eigenvalue weighted by molar-refractivity contribution is 6.33. The van der Waals surface area contributed by atoms with Crippen LogP contribution in [-0.4, -0.2) is 0 Å². The van der Waals surface area contributed by atoms with E-state index in [0.717, 1.165) is 27.4 Å². The summed E-state index contributed by atoms with van der Waals surface area (Å²) in [4.78, 5) is 0. The molecule has 5 rings (SSSR count). The molecule has 4 bridgehead atoms. The third kappa shape index (κ3) is 2.24. The van der Waals surface area contributed by atoms with Gasteiger partial charge in [0, 0.05) is 16.1 Å². The van der Waals surface area contributed by atoms with Crippen LogP contribution in [-0.2, 0) is 0 Å². The lowest BCUT2D eigenvalue weighted by atomic mass is 9.43. The molecule has 4 aliphatic rings. The van der Waals surface area contributed by atoms with Crippen LogP contribution in [0.2, 0.25) is 10.0 Å². The monoisotopic (exact) mass is 323 g/mol. The highest BCUT2D eigenvalue weighted by atomic mass is 35.5. The zero-order valence-electron chi connectivity index (χ0n) is 12.5. The molecule has 0 aromatic heterocycles. The lowest BCUT2D eigenvalue weighted by molar-refractivity contribution is -0.113. The first-order valence-corrected chi connectivity index (χ1v) is 8.85. The van der Waals surface area contributed by atoms with Crippen molar-refractivity contribution in [3.05, 3.63) is 33.8 Å². The van der Waals surface area contributed by atoms with Gasteiger partial charge in [0.05, 0.1) is 0 Å².